The van der Waals surface area contributed by atoms with Crippen LogP contribution in [-0.4, -0.2) is 11.5 Å². The standard InChI is InChI=1S/C11H11BrN2S/c12-10-4-2-1-3-9(10)11-14-7-8(15-11)5-6-13/h1-4,7H,5-6,13H2. The van der Waals surface area contributed by atoms with Gasteiger partial charge in [-0.3, -0.25) is 0 Å². The largest absolute Gasteiger partial charge is 0.330 e. The second kappa shape index (κ2) is 4.88. The smallest absolute Gasteiger partial charge is 0.124 e. The second-order valence-electron chi connectivity index (χ2n) is 3.15. The summed E-state index contributed by atoms with van der Waals surface area (Å²) in [5, 5.41) is 1.05. The number of hydrogen-bond acceptors (Lipinski definition) is 3. The molecule has 0 aliphatic rings. The van der Waals surface area contributed by atoms with E-state index >= 15 is 0 Å². The molecule has 1 aromatic heterocycles. The first-order valence-corrected chi connectivity index (χ1v) is 6.32. The third-order valence-corrected chi connectivity index (χ3v) is 3.83. The molecule has 0 bridgehead atoms. The molecule has 4 heteroatoms. The van der Waals surface area contributed by atoms with Gasteiger partial charge in [-0.15, -0.1) is 11.3 Å². The van der Waals surface area contributed by atoms with Gasteiger partial charge in [0.05, 0.1) is 0 Å². The van der Waals surface area contributed by atoms with Crippen molar-refractivity contribution in [1.29, 1.82) is 0 Å². The van der Waals surface area contributed by atoms with Gasteiger partial charge in [-0.05, 0) is 19.0 Å². The highest BCUT2D eigenvalue weighted by Gasteiger charge is 2.06. The molecular weight excluding hydrogens is 272 g/mol. The van der Waals surface area contributed by atoms with Gasteiger partial charge in [0.1, 0.15) is 5.01 Å². The minimum absolute atomic E-state index is 0.678. The van der Waals surface area contributed by atoms with E-state index in [2.05, 4.69) is 27.0 Å². The summed E-state index contributed by atoms with van der Waals surface area (Å²) in [4.78, 5) is 5.64. The highest BCUT2D eigenvalue weighted by Crippen LogP contribution is 2.31. The first kappa shape index (κ1) is 10.8. The maximum Gasteiger partial charge on any atom is 0.124 e. The van der Waals surface area contributed by atoms with Gasteiger partial charge in [0.2, 0.25) is 0 Å². The number of halogens is 1. The Labute approximate surface area is 101 Å². The molecule has 2 rings (SSSR count). The van der Waals surface area contributed by atoms with Crippen LogP contribution in [0.25, 0.3) is 10.6 Å². The molecule has 0 radical (unpaired) electrons. The topological polar surface area (TPSA) is 38.9 Å². The number of hydrogen-bond donors (Lipinski definition) is 1. The quantitative estimate of drug-likeness (QED) is 0.940. The summed E-state index contributed by atoms with van der Waals surface area (Å²) < 4.78 is 1.08. The van der Waals surface area contributed by atoms with Gasteiger partial charge in [-0.2, -0.15) is 0 Å². The van der Waals surface area contributed by atoms with Crippen molar-refractivity contribution in [3.8, 4) is 10.6 Å². The maximum atomic E-state index is 5.51. The Balaban J connectivity index is 2.33. The second-order valence-corrected chi connectivity index (χ2v) is 5.12. The van der Waals surface area contributed by atoms with Crippen LogP contribution in [0.3, 0.4) is 0 Å². The van der Waals surface area contributed by atoms with Crippen LogP contribution in [0.5, 0.6) is 0 Å². The zero-order valence-electron chi connectivity index (χ0n) is 8.11. The summed E-state index contributed by atoms with van der Waals surface area (Å²) in [7, 11) is 0. The van der Waals surface area contributed by atoms with Crippen LogP contribution >= 0.6 is 27.3 Å². The third-order valence-electron chi connectivity index (χ3n) is 2.05. The highest BCUT2D eigenvalue weighted by atomic mass is 79.9. The van der Waals surface area contributed by atoms with Crippen molar-refractivity contribution in [3.05, 3.63) is 39.8 Å². The van der Waals surface area contributed by atoms with Crippen LogP contribution < -0.4 is 5.73 Å². The van der Waals surface area contributed by atoms with Crippen molar-refractivity contribution in [2.24, 2.45) is 5.73 Å². The molecule has 0 unspecified atom stereocenters. The van der Waals surface area contributed by atoms with Gasteiger partial charge in [-0.1, -0.05) is 34.1 Å². The minimum Gasteiger partial charge on any atom is -0.330 e. The lowest BCUT2D eigenvalue weighted by molar-refractivity contribution is 0.984. The maximum absolute atomic E-state index is 5.51. The van der Waals surface area contributed by atoms with Gasteiger partial charge in [0.15, 0.2) is 0 Å². The normalized spacial score (nSPS) is 10.5. The van der Waals surface area contributed by atoms with Crippen LogP contribution in [0, 0.1) is 0 Å². The molecule has 0 saturated heterocycles. The van der Waals surface area contributed by atoms with Crippen molar-refractivity contribution in [2.75, 3.05) is 6.54 Å². The molecular formula is C11H11BrN2S. The van der Waals surface area contributed by atoms with Crippen molar-refractivity contribution in [3.63, 3.8) is 0 Å². The summed E-state index contributed by atoms with van der Waals surface area (Å²) in [6.07, 6.45) is 2.81. The average molecular weight is 283 g/mol. The molecule has 0 fully saturated rings. The number of aromatic nitrogens is 1. The predicted molar refractivity (Wildman–Crippen MR) is 68.0 cm³/mol. The fourth-order valence-corrected chi connectivity index (χ4v) is 2.90. The average Bonchev–Trinajstić information content (AvgIpc) is 2.68. The van der Waals surface area contributed by atoms with Crippen LogP contribution in [0.1, 0.15) is 4.88 Å². The number of thiazole rings is 1. The van der Waals surface area contributed by atoms with Crippen molar-refractivity contribution in [2.45, 2.75) is 6.42 Å². The number of benzene rings is 1. The Kier molecular flexibility index (Phi) is 3.51. The Morgan fingerprint density at radius 3 is 2.87 bits per heavy atom. The van der Waals surface area contributed by atoms with Crippen molar-refractivity contribution < 1.29 is 0 Å². The van der Waals surface area contributed by atoms with E-state index < -0.39 is 0 Å². The Morgan fingerprint density at radius 1 is 1.33 bits per heavy atom. The van der Waals surface area contributed by atoms with Gasteiger partial charge >= 0.3 is 0 Å². The van der Waals surface area contributed by atoms with E-state index in [1.165, 1.54) is 4.88 Å². The van der Waals surface area contributed by atoms with Crippen LogP contribution in [0.4, 0.5) is 0 Å². The molecule has 0 aliphatic carbocycles. The lowest BCUT2D eigenvalue weighted by Crippen LogP contribution is -2.00. The Hall–Kier alpha value is -0.710. The van der Waals surface area contributed by atoms with E-state index in [0.717, 1.165) is 21.5 Å². The van der Waals surface area contributed by atoms with E-state index in [9.17, 15) is 0 Å². The zero-order valence-corrected chi connectivity index (χ0v) is 10.5. The monoisotopic (exact) mass is 282 g/mol. The molecule has 0 amide bonds. The van der Waals surface area contributed by atoms with Gasteiger partial charge in [0.25, 0.3) is 0 Å². The number of nitrogens with two attached hydrogens (primary N) is 1. The van der Waals surface area contributed by atoms with Gasteiger partial charge in [0, 0.05) is 21.1 Å². The first-order chi connectivity index (χ1) is 7.31. The van der Waals surface area contributed by atoms with Crippen molar-refractivity contribution >= 4 is 27.3 Å². The first-order valence-electron chi connectivity index (χ1n) is 4.71. The molecule has 0 saturated carbocycles. The van der Waals surface area contributed by atoms with E-state index in [4.69, 9.17) is 5.73 Å². The lowest BCUT2D eigenvalue weighted by Gasteiger charge is -1.98. The molecule has 2 aromatic rings. The molecule has 78 valence electrons. The summed E-state index contributed by atoms with van der Waals surface area (Å²) in [6, 6.07) is 8.11. The summed E-state index contributed by atoms with van der Waals surface area (Å²) in [6.45, 7) is 0.678. The molecule has 0 atom stereocenters. The Morgan fingerprint density at radius 2 is 2.13 bits per heavy atom. The zero-order chi connectivity index (χ0) is 10.7. The molecule has 15 heavy (non-hydrogen) atoms. The molecule has 1 aromatic carbocycles. The summed E-state index contributed by atoms with van der Waals surface area (Å²) in [5.74, 6) is 0. The van der Waals surface area contributed by atoms with E-state index in [1.807, 2.05) is 24.4 Å². The van der Waals surface area contributed by atoms with Crippen LogP contribution in [0.2, 0.25) is 0 Å². The fraction of sp³-hybridized carbons (Fsp3) is 0.182. The lowest BCUT2D eigenvalue weighted by atomic mass is 10.2. The summed E-state index contributed by atoms with van der Waals surface area (Å²) in [5.41, 5.74) is 6.65. The molecule has 0 aliphatic heterocycles. The molecule has 2 N–H and O–H groups in total. The van der Waals surface area contributed by atoms with Gasteiger partial charge < -0.3 is 5.73 Å². The predicted octanol–water partition coefficient (Wildman–Crippen LogP) is 3.07. The minimum atomic E-state index is 0.678. The SMILES string of the molecule is NCCc1cnc(-c2ccccc2Br)s1. The fourth-order valence-electron chi connectivity index (χ4n) is 1.32. The number of nitrogens with zero attached hydrogens (tertiary/aromatic N) is 1. The van der Waals surface area contributed by atoms with Crippen LogP contribution in [-0.2, 0) is 6.42 Å². The van der Waals surface area contributed by atoms with Gasteiger partial charge in [-0.25, -0.2) is 4.98 Å². The van der Waals surface area contributed by atoms with Crippen LogP contribution in [0.15, 0.2) is 34.9 Å². The Bertz CT molecular complexity index is 453. The molecule has 0 spiro atoms. The van der Waals surface area contributed by atoms with Crippen molar-refractivity contribution in [1.82, 2.24) is 4.98 Å². The number of rotatable bonds is 3. The molecule has 1 heterocycles. The van der Waals surface area contributed by atoms with E-state index in [1.54, 1.807) is 11.3 Å². The van der Waals surface area contributed by atoms with E-state index in [-0.39, 0.29) is 0 Å². The third kappa shape index (κ3) is 2.45. The highest BCUT2D eigenvalue weighted by molar-refractivity contribution is 9.10. The van der Waals surface area contributed by atoms with E-state index in [0.29, 0.717) is 6.54 Å². The summed E-state index contributed by atoms with van der Waals surface area (Å²) >= 11 is 5.23. The molecule has 2 nitrogen and oxygen atoms in total.